The van der Waals surface area contributed by atoms with Gasteiger partial charge in [0, 0.05) is 11.6 Å². The predicted molar refractivity (Wildman–Crippen MR) is 67.0 cm³/mol. The molecule has 0 amide bonds. The average molecular weight is 215 g/mol. The van der Waals surface area contributed by atoms with Crippen LogP contribution in [-0.2, 0) is 0 Å². The van der Waals surface area contributed by atoms with Crippen molar-refractivity contribution in [1.82, 2.24) is 5.32 Å². The lowest BCUT2D eigenvalue weighted by molar-refractivity contribution is 0.0291. The molecule has 2 N–H and O–H groups in total. The first-order chi connectivity index (χ1) is 6.33. The molecule has 92 valence electrons. The highest BCUT2D eigenvalue weighted by molar-refractivity contribution is 4.90. The highest BCUT2D eigenvalue weighted by Crippen LogP contribution is 2.27. The molecule has 0 bridgehead atoms. The third-order valence-electron chi connectivity index (χ3n) is 2.64. The van der Waals surface area contributed by atoms with Crippen molar-refractivity contribution in [3.05, 3.63) is 0 Å². The van der Waals surface area contributed by atoms with Crippen LogP contribution in [0.4, 0.5) is 0 Å². The monoisotopic (exact) mass is 215 g/mol. The van der Waals surface area contributed by atoms with Crippen molar-refractivity contribution < 1.29 is 5.11 Å². The van der Waals surface area contributed by atoms with Crippen LogP contribution >= 0.6 is 0 Å². The van der Waals surface area contributed by atoms with Crippen LogP contribution in [0.2, 0.25) is 0 Å². The lowest BCUT2D eigenvalue weighted by Crippen LogP contribution is -2.54. The van der Waals surface area contributed by atoms with E-state index in [-0.39, 0.29) is 11.6 Å². The first kappa shape index (κ1) is 14.9. The van der Waals surface area contributed by atoms with Crippen LogP contribution in [0.25, 0.3) is 0 Å². The van der Waals surface area contributed by atoms with Gasteiger partial charge in [0.25, 0.3) is 0 Å². The smallest absolute Gasteiger partial charge is 0.0741 e. The van der Waals surface area contributed by atoms with Gasteiger partial charge in [-0.1, -0.05) is 20.8 Å². The fraction of sp³-hybridized carbons (Fsp3) is 1.00. The van der Waals surface area contributed by atoms with Crippen molar-refractivity contribution >= 4 is 0 Å². The van der Waals surface area contributed by atoms with Crippen LogP contribution in [-0.4, -0.2) is 22.3 Å². The van der Waals surface area contributed by atoms with E-state index in [2.05, 4.69) is 39.9 Å². The minimum Gasteiger partial charge on any atom is -0.389 e. The zero-order chi connectivity index (χ0) is 12.5. The van der Waals surface area contributed by atoms with Crippen molar-refractivity contribution in [3.8, 4) is 0 Å². The van der Waals surface area contributed by atoms with Gasteiger partial charge < -0.3 is 10.4 Å². The Balaban J connectivity index is 4.39. The molecule has 0 aromatic carbocycles. The van der Waals surface area contributed by atoms with E-state index < -0.39 is 5.60 Å². The van der Waals surface area contributed by atoms with Crippen molar-refractivity contribution in [3.63, 3.8) is 0 Å². The largest absolute Gasteiger partial charge is 0.389 e. The van der Waals surface area contributed by atoms with Crippen LogP contribution in [0.3, 0.4) is 0 Å². The van der Waals surface area contributed by atoms with E-state index in [4.69, 9.17) is 0 Å². The van der Waals surface area contributed by atoms with Crippen molar-refractivity contribution in [2.75, 3.05) is 0 Å². The molecule has 0 heterocycles. The number of aliphatic hydroxyl groups is 1. The van der Waals surface area contributed by atoms with Crippen molar-refractivity contribution in [2.45, 2.75) is 79.0 Å². The van der Waals surface area contributed by atoms with Crippen LogP contribution in [0.1, 0.15) is 61.8 Å². The van der Waals surface area contributed by atoms with Crippen LogP contribution in [0.15, 0.2) is 0 Å². The Morgan fingerprint density at radius 3 is 1.67 bits per heavy atom. The fourth-order valence-electron chi connectivity index (χ4n) is 2.14. The molecule has 0 aliphatic carbocycles. The Kier molecular flexibility index (Phi) is 4.40. The Morgan fingerprint density at radius 2 is 1.40 bits per heavy atom. The molecular formula is C13H29NO. The molecule has 2 nitrogen and oxygen atoms in total. The first-order valence-electron chi connectivity index (χ1n) is 5.84. The molecule has 0 rings (SSSR count). The normalized spacial score (nSPS) is 16.6. The van der Waals surface area contributed by atoms with E-state index in [9.17, 15) is 5.11 Å². The minimum atomic E-state index is -0.671. The van der Waals surface area contributed by atoms with Crippen LogP contribution in [0.5, 0.6) is 0 Å². The van der Waals surface area contributed by atoms with E-state index in [1.54, 1.807) is 0 Å². The van der Waals surface area contributed by atoms with E-state index >= 15 is 0 Å². The lowest BCUT2D eigenvalue weighted by atomic mass is 9.81. The summed E-state index contributed by atoms with van der Waals surface area (Å²) in [6.45, 7) is 16.8. The highest BCUT2D eigenvalue weighted by Gasteiger charge is 2.31. The number of rotatable bonds is 4. The number of nitrogens with one attached hydrogen (secondary N) is 1. The van der Waals surface area contributed by atoms with Gasteiger partial charge in [-0.15, -0.1) is 0 Å². The molecule has 0 aromatic rings. The third kappa shape index (κ3) is 6.91. The quantitative estimate of drug-likeness (QED) is 0.755. The summed E-state index contributed by atoms with van der Waals surface area (Å²) < 4.78 is 0. The number of hydrogen-bond donors (Lipinski definition) is 2. The maximum atomic E-state index is 9.89. The first-order valence-corrected chi connectivity index (χ1v) is 5.84. The lowest BCUT2D eigenvalue weighted by Gasteiger charge is -2.39. The maximum absolute atomic E-state index is 9.89. The minimum absolute atomic E-state index is 0.0532. The Hall–Kier alpha value is -0.0800. The van der Waals surface area contributed by atoms with Gasteiger partial charge in [0.15, 0.2) is 0 Å². The molecule has 2 heteroatoms. The van der Waals surface area contributed by atoms with E-state index in [0.717, 1.165) is 6.42 Å². The van der Waals surface area contributed by atoms with Gasteiger partial charge >= 0.3 is 0 Å². The molecule has 0 saturated heterocycles. The zero-order valence-electron chi connectivity index (χ0n) is 11.7. The van der Waals surface area contributed by atoms with E-state index in [1.807, 2.05) is 20.8 Å². The Labute approximate surface area is 95.5 Å². The summed E-state index contributed by atoms with van der Waals surface area (Å²) in [6, 6.07) is 0.0925. The van der Waals surface area contributed by atoms with Gasteiger partial charge in [-0.3, -0.25) is 0 Å². The summed E-state index contributed by atoms with van der Waals surface area (Å²) in [5.41, 5.74) is -0.317. The Bertz CT molecular complexity index is 196. The molecule has 0 aliphatic heterocycles. The van der Waals surface area contributed by atoms with Gasteiger partial charge in [-0.05, 0) is 46.5 Å². The molecule has 0 spiro atoms. The fourth-order valence-corrected chi connectivity index (χ4v) is 2.14. The summed E-state index contributed by atoms with van der Waals surface area (Å²) >= 11 is 0. The van der Waals surface area contributed by atoms with Gasteiger partial charge in [0.05, 0.1) is 5.60 Å². The van der Waals surface area contributed by atoms with Crippen LogP contribution < -0.4 is 5.32 Å². The summed E-state index contributed by atoms with van der Waals surface area (Å²) in [6.07, 6.45) is 1.08. The molecule has 15 heavy (non-hydrogen) atoms. The highest BCUT2D eigenvalue weighted by atomic mass is 16.3. The predicted octanol–water partition coefficient (Wildman–Crippen LogP) is 2.95. The molecular weight excluding hydrogens is 186 g/mol. The number of hydrogen-bond acceptors (Lipinski definition) is 2. The standard InChI is InChI=1S/C13H29NO/c1-10(13(7,8)15)14-12(5,6)9-11(2,3)4/h10,14-15H,9H2,1-8H3. The molecule has 1 unspecified atom stereocenters. The van der Waals surface area contributed by atoms with Gasteiger partial charge in [-0.2, -0.15) is 0 Å². The molecule has 0 aromatic heterocycles. The average Bonchev–Trinajstić information content (AvgIpc) is 1.76. The molecule has 0 fully saturated rings. The third-order valence-corrected chi connectivity index (χ3v) is 2.64. The van der Waals surface area contributed by atoms with Crippen molar-refractivity contribution in [1.29, 1.82) is 0 Å². The molecule has 0 saturated carbocycles. The van der Waals surface area contributed by atoms with Gasteiger partial charge in [-0.25, -0.2) is 0 Å². The summed E-state index contributed by atoms with van der Waals surface area (Å²) in [4.78, 5) is 0. The molecule has 0 radical (unpaired) electrons. The summed E-state index contributed by atoms with van der Waals surface area (Å²) in [5, 5.41) is 13.4. The maximum Gasteiger partial charge on any atom is 0.0741 e. The SMILES string of the molecule is CC(NC(C)(C)CC(C)(C)C)C(C)(C)O. The second-order valence-corrected chi connectivity index (χ2v) is 7.14. The topological polar surface area (TPSA) is 32.3 Å². The summed E-state index contributed by atoms with van der Waals surface area (Å²) in [7, 11) is 0. The van der Waals surface area contributed by atoms with E-state index in [0.29, 0.717) is 5.41 Å². The van der Waals surface area contributed by atoms with Gasteiger partial charge in [0.1, 0.15) is 0 Å². The van der Waals surface area contributed by atoms with E-state index in [1.165, 1.54) is 0 Å². The van der Waals surface area contributed by atoms with Gasteiger partial charge in [0.2, 0.25) is 0 Å². The summed E-state index contributed by atoms with van der Waals surface area (Å²) in [5.74, 6) is 0. The van der Waals surface area contributed by atoms with Crippen LogP contribution in [0, 0.1) is 5.41 Å². The molecule has 0 aliphatic rings. The molecule has 1 atom stereocenters. The second kappa shape index (κ2) is 4.42. The zero-order valence-corrected chi connectivity index (χ0v) is 11.7. The van der Waals surface area contributed by atoms with Crippen molar-refractivity contribution in [2.24, 2.45) is 5.41 Å². The second-order valence-electron chi connectivity index (χ2n) is 7.14. The Morgan fingerprint density at radius 1 is 1.00 bits per heavy atom.